The molecule has 160 valence electrons. The highest BCUT2D eigenvalue weighted by Gasteiger charge is 2.28. The van der Waals surface area contributed by atoms with Crippen molar-refractivity contribution in [1.82, 2.24) is 15.6 Å². The van der Waals surface area contributed by atoms with Crippen LogP contribution in [0.1, 0.15) is 15.9 Å². The third kappa shape index (κ3) is 5.97. The van der Waals surface area contributed by atoms with E-state index >= 15 is 0 Å². The van der Waals surface area contributed by atoms with Crippen LogP contribution < -0.4 is 15.6 Å². The largest absolute Gasteiger partial charge is 0.271 e. The molecule has 0 bridgehead atoms. The molecule has 0 radical (unpaired) electrons. The first-order valence-corrected chi connectivity index (χ1v) is 10.8. The maximum absolute atomic E-state index is 14.0. The van der Waals surface area contributed by atoms with Gasteiger partial charge in [0.1, 0.15) is 16.8 Å². The minimum Gasteiger partial charge on any atom is -0.271 e. The predicted octanol–water partition coefficient (Wildman–Crippen LogP) is 2.18. The zero-order valence-electron chi connectivity index (χ0n) is 16.3. The summed E-state index contributed by atoms with van der Waals surface area (Å²) >= 11 is 0. The third-order valence-electron chi connectivity index (χ3n) is 4.36. The Morgan fingerprint density at radius 1 is 0.806 bits per heavy atom. The zero-order chi connectivity index (χ0) is 22.3. The van der Waals surface area contributed by atoms with Gasteiger partial charge in [0, 0.05) is 5.56 Å². The lowest BCUT2D eigenvalue weighted by Gasteiger charge is -2.19. The minimum atomic E-state index is -4.34. The first kappa shape index (κ1) is 22.1. The van der Waals surface area contributed by atoms with E-state index in [1.807, 2.05) is 0 Å². The Hall–Kier alpha value is -3.56. The summed E-state index contributed by atoms with van der Waals surface area (Å²) in [6, 6.07) is 20.5. The molecule has 0 saturated heterocycles. The van der Waals surface area contributed by atoms with Gasteiger partial charge in [0.25, 0.3) is 11.8 Å². The molecular weight excluding hydrogens is 421 g/mol. The van der Waals surface area contributed by atoms with Crippen molar-refractivity contribution in [1.29, 1.82) is 0 Å². The van der Waals surface area contributed by atoms with Crippen molar-refractivity contribution < 1.29 is 22.4 Å². The summed E-state index contributed by atoms with van der Waals surface area (Å²) in [5, 5.41) is 0. The van der Waals surface area contributed by atoms with Crippen LogP contribution in [0.15, 0.2) is 89.8 Å². The van der Waals surface area contributed by atoms with E-state index in [1.54, 1.807) is 60.7 Å². The van der Waals surface area contributed by atoms with Crippen molar-refractivity contribution in [3.63, 3.8) is 0 Å². The normalized spacial score (nSPS) is 12.0. The molecule has 3 aromatic carbocycles. The summed E-state index contributed by atoms with van der Waals surface area (Å²) in [6.07, 6.45) is -0.0123. The first-order chi connectivity index (χ1) is 14.9. The second kappa shape index (κ2) is 9.96. The summed E-state index contributed by atoms with van der Waals surface area (Å²) in [7, 11) is -4.34. The maximum Gasteiger partial charge on any atom is 0.269 e. The van der Waals surface area contributed by atoms with Crippen LogP contribution in [0.25, 0.3) is 0 Å². The molecule has 0 aliphatic carbocycles. The number of halogens is 1. The molecule has 31 heavy (non-hydrogen) atoms. The molecule has 0 aliphatic heterocycles. The zero-order valence-corrected chi connectivity index (χ0v) is 17.1. The Balaban J connectivity index is 1.78. The van der Waals surface area contributed by atoms with Gasteiger partial charge in [-0.05, 0) is 36.2 Å². The van der Waals surface area contributed by atoms with E-state index in [0.29, 0.717) is 11.1 Å². The monoisotopic (exact) mass is 441 g/mol. The minimum absolute atomic E-state index is 0.0123. The van der Waals surface area contributed by atoms with Crippen molar-refractivity contribution in [2.75, 3.05) is 0 Å². The number of hydrogen-bond donors (Lipinski definition) is 3. The molecule has 2 amide bonds. The van der Waals surface area contributed by atoms with Crippen molar-refractivity contribution in [3.05, 3.63) is 102 Å². The quantitative estimate of drug-likeness (QED) is 0.489. The summed E-state index contributed by atoms with van der Waals surface area (Å²) < 4.78 is 41.7. The van der Waals surface area contributed by atoms with Crippen LogP contribution in [0.2, 0.25) is 0 Å². The Labute approximate surface area is 179 Å². The molecule has 0 spiro atoms. The average Bonchev–Trinajstić information content (AvgIpc) is 2.78. The highest BCUT2D eigenvalue weighted by atomic mass is 32.2. The molecule has 9 heteroatoms. The van der Waals surface area contributed by atoms with Crippen molar-refractivity contribution >= 4 is 21.8 Å². The number of carbonyl (C=O) groups is 2. The van der Waals surface area contributed by atoms with Crippen LogP contribution in [0.5, 0.6) is 0 Å². The van der Waals surface area contributed by atoms with Crippen LogP contribution in [-0.2, 0) is 21.2 Å². The van der Waals surface area contributed by atoms with E-state index < -0.39 is 38.6 Å². The van der Waals surface area contributed by atoms with Crippen LogP contribution in [-0.4, -0.2) is 26.3 Å². The number of benzene rings is 3. The summed E-state index contributed by atoms with van der Waals surface area (Å²) in [6.45, 7) is 0. The molecule has 1 atom stereocenters. The van der Waals surface area contributed by atoms with Crippen molar-refractivity contribution in [2.24, 2.45) is 0 Å². The van der Waals surface area contributed by atoms with Crippen molar-refractivity contribution in [3.8, 4) is 0 Å². The Kier molecular flexibility index (Phi) is 7.11. The van der Waals surface area contributed by atoms with Crippen LogP contribution in [0, 0.1) is 5.82 Å². The number of rotatable bonds is 7. The van der Waals surface area contributed by atoms with Crippen LogP contribution >= 0.6 is 0 Å². The number of hydrazine groups is 1. The Morgan fingerprint density at radius 2 is 1.39 bits per heavy atom. The number of hydrogen-bond acceptors (Lipinski definition) is 4. The molecule has 0 aromatic heterocycles. The van der Waals surface area contributed by atoms with Gasteiger partial charge >= 0.3 is 0 Å². The van der Waals surface area contributed by atoms with Crippen molar-refractivity contribution in [2.45, 2.75) is 17.4 Å². The lowest BCUT2D eigenvalue weighted by Crippen LogP contribution is -2.53. The summed E-state index contributed by atoms with van der Waals surface area (Å²) in [5.41, 5.74) is 5.47. The molecule has 3 rings (SSSR count). The van der Waals surface area contributed by atoms with E-state index in [9.17, 15) is 22.4 Å². The summed E-state index contributed by atoms with van der Waals surface area (Å²) in [4.78, 5) is 24.3. The van der Waals surface area contributed by atoms with E-state index in [4.69, 9.17) is 0 Å². The van der Waals surface area contributed by atoms with E-state index in [-0.39, 0.29) is 6.42 Å². The Morgan fingerprint density at radius 3 is 2.03 bits per heavy atom. The average molecular weight is 441 g/mol. The Bertz CT molecular complexity index is 1160. The second-order valence-corrected chi connectivity index (χ2v) is 8.29. The molecule has 0 saturated carbocycles. The van der Waals surface area contributed by atoms with Gasteiger partial charge in [0.15, 0.2) is 0 Å². The highest BCUT2D eigenvalue weighted by Crippen LogP contribution is 2.15. The lowest BCUT2D eigenvalue weighted by atomic mass is 10.1. The third-order valence-corrected chi connectivity index (χ3v) is 5.86. The highest BCUT2D eigenvalue weighted by molar-refractivity contribution is 7.89. The molecule has 7 nitrogen and oxygen atoms in total. The van der Waals surface area contributed by atoms with Gasteiger partial charge in [-0.3, -0.25) is 20.4 Å². The topological polar surface area (TPSA) is 104 Å². The molecule has 0 aliphatic rings. The lowest BCUT2D eigenvalue weighted by molar-refractivity contribution is -0.123. The van der Waals surface area contributed by atoms with Crippen LogP contribution in [0.4, 0.5) is 4.39 Å². The fraction of sp³-hybridized carbons (Fsp3) is 0.0909. The molecular formula is C22H20FN3O4S. The maximum atomic E-state index is 14.0. The van der Waals surface area contributed by atoms with Gasteiger partial charge in [-0.1, -0.05) is 60.7 Å². The fourth-order valence-electron chi connectivity index (χ4n) is 2.82. The fourth-order valence-corrected chi connectivity index (χ4v) is 4.09. The van der Waals surface area contributed by atoms with E-state index in [2.05, 4.69) is 15.6 Å². The van der Waals surface area contributed by atoms with E-state index in [1.165, 1.54) is 12.1 Å². The first-order valence-electron chi connectivity index (χ1n) is 9.33. The SMILES string of the molecule is O=C(NNC(=O)[C@H](Cc1ccccc1)NS(=O)(=O)c1ccccc1F)c1ccccc1. The molecule has 3 aromatic rings. The number of carbonyl (C=O) groups excluding carboxylic acids is 2. The van der Waals surface area contributed by atoms with Gasteiger partial charge < -0.3 is 0 Å². The number of sulfonamides is 1. The second-order valence-electron chi connectivity index (χ2n) is 6.60. The van der Waals surface area contributed by atoms with Gasteiger partial charge in [-0.15, -0.1) is 0 Å². The number of amides is 2. The smallest absolute Gasteiger partial charge is 0.269 e. The van der Waals surface area contributed by atoms with Gasteiger partial charge in [0.05, 0.1) is 0 Å². The molecule has 0 fully saturated rings. The molecule has 3 N–H and O–H groups in total. The van der Waals surface area contributed by atoms with E-state index in [0.717, 1.165) is 12.1 Å². The number of nitrogens with one attached hydrogen (secondary N) is 3. The van der Waals surface area contributed by atoms with Crippen LogP contribution in [0.3, 0.4) is 0 Å². The van der Waals surface area contributed by atoms with Gasteiger partial charge in [0.2, 0.25) is 10.0 Å². The molecule has 0 heterocycles. The molecule has 0 unspecified atom stereocenters. The van der Waals surface area contributed by atoms with Gasteiger partial charge in [-0.25, -0.2) is 12.8 Å². The predicted molar refractivity (Wildman–Crippen MR) is 113 cm³/mol. The standard InChI is InChI=1S/C22H20FN3O4S/c23-18-13-7-8-14-20(18)31(29,30)26-19(15-16-9-3-1-4-10-16)22(28)25-24-21(27)17-11-5-2-6-12-17/h1-14,19,26H,15H2,(H,24,27)(H,25,28)/t19-/m0/s1. The van der Waals surface area contributed by atoms with Gasteiger partial charge in [-0.2, -0.15) is 4.72 Å². The summed E-state index contributed by atoms with van der Waals surface area (Å²) in [5.74, 6) is -2.30.